The highest BCUT2D eigenvalue weighted by Gasteiger charge is 2.54. The molecule has 0 unspecified atom stereocenters. The molecule has 2 saturated heterocycles. The maximum absolute atomic E-state index is 15.1. The van der Waals surface area contributed by atoms with Gasteiger partial charge >= 0.3 is 5.97 Å². The first kappa shape index (κ1) is 68.0. The van der Waals surface area contributed by atoms with Gasteiger partial charge in [0.05, 0.1) is 64.6 Å². The van der Waals surface area contributed by atoms with E-state index < -0.39 is 85.7 Å². The van der Waals surface area contributed by atoms with Gasteiger partial charge < -0.3 is 56.8 Å². The number of hydrogen-bond acceptors (Lipinski definition) is 13. The zero-order valence-corrected chi connectivity index (χ0v) is 54.7. The van der Waals surface area contributed by atoms with E-state index in [1.807, 2.05) is 183 Å². The topological polar surface area (TPSA) is 128 Å². The highest BCUT2D eigenvalue weighted by Crippen LogP contribution is 2.44. The Labute approximate surface area is 551 Å². The van der Waals surface area contributed by atoms with E-state index in [-0.39, 0.29) is 50.3 Å². The van der Waals surface area contributed by atoms with E-state index in [1.54, 1.807) is 0 Å². The van der Waals surface area contributed by atoms with Gasteiger partial charge in [-0.05, 0) is 88.8 Å². The fraction of sp³-hybridized carbons (Fsp3) is 0.463. The molecule has 0 spiro atoms. The van der Waals surface area contributed by atoms with Crippen LogP contribution in [0.15, 0.2) is 212 Å². The summed E-state index contributed by atoms with van der Waals surface area (Å²) in [6.07, 6.45) is -2.13. The van der Waals surface area contributed by atoms with E-state index in [0.29, 0.717) is 39.1 Å². The van der Waals surface area contributed by atoms with Crippen LogP contribution in [0.4, 0.5) is 0 Å². The van der Waals surface area contributed by atoms with Crippen molar-refractivity contribution in [3.63, 3.8) is 0 Å². The molecule has 0 aromatic heterocycles. The molecule has 4 aliphatic rings. The van der Waals surface area contributed by atoms with Crippen molar-refractivity contribution in [3.8, 4) is 0 Å². The van der Waals surface area contributed by atoms with E-state index in [9.17, 15) is 0 Å². The summed E-state index contributed by atoms with van der Waals surface area (Å²) >= 11 is 0. The monoisotopic (exact) mass is 1260 g/mol. The Morgan fingerprint density at radius 3 is 1.30 bits per heavy atom. The Bertz CT molecular complexity index is 3210. The number of carbonyl (C=O) groups excluding carboxylic acids is 1. The number of benzene rings is 7. The van der Waals surface area contributed by atoms with Crippen LogP contribution in [-0.2, 0) is 108 Å². The predicted octanol–water partition coefficient (Wildman–Crippen LogP) is 15.7. The smallest absolute Gasteiger partial charge is 0.335 e. The van der Waals surface area contributed by atoms with Gasteiger partial charge in [-0.25, -0.2) is 4.79 Å². The molecule has 494 valence electrons. The summed E-state index contributed by atoms with van der Waals surface area (Å²) in [5.41, 5.74) is 6.76. The van der Waals surface area contributed by atoms with Crippen LogP contribution in [0.1, 0.15) is 124 Å². The lowest BCUT2D eigenvalue weighted by atomic mass is 9.71. The fourth-order valence-electron chi connectivity index (χ4n) is 13.5. The maximum atomic E-state index is 15.1. The van der Waals surface area contributed by atoms with E-state index >= 15 is 4.79 Å². The van der Waals surface area contributed by atoms with Crippen molar-refractivity contribution in [1.29, 1.82) is 0 Å². The van der Waals surface area contributed by atoms with Crippen molar-refractivity contribution in [2.75, 3.05) is 6.61 Å². The third kappa shape index (κ3) is 20.1. The van der Waals surface area contributed by atoms with Crippen molar-refractivity contribution in [2.45, 2.75) is 211 Å². The third-order valence-corrected chi connectivity index (χ3v) is 18.8. The second-order valence-corrected chi connectivity index (χ2v) is 26.7. The summed E-state index contributed by atoms with van der Waals surface area (Å²) in [6, 6.07) is 70.6. The van der Waals surface area contributed by atoms with Gasteiger partial charge in [-0.3, -0.25) is 0 Å². The number of carbonyl (C=O) groups is 1. The van der Waals surface area contributed by atoms with Gasteiger partial charge in [0.15, 0.2) is 18.7 Å². The van der Waals surface area contributed by atoms with Crippen molar-refractivity contribution in [2.24, 2.45) is 17.3 Å². The van der Waals surface area contributed by atoms with Gasteiger partial charge in [0.1, 0.15) is 49.3 Å². The Hall–Kier alpha value is -6.43. The average Bonchev–Trinajstić information content (AvgIpc) is 0.842. The zero-order chi connectivity index (χ0) is 64.0. The minimum absolute atomic E-state index is 0.0949. The number of rotatable bonds is 30. The van der Waals surface area contributed by atoms with Crippen LogP contribution in [-0.4, -0.2) is 92.3 Å². The first-order chi connectivity index (χ1) is 45.6. The molecular weight excluding hydrogens is 1170 g/mol. The van der Waals surface area contributed by atoms with Gasteiger partial charge in [0.2, 0.25) is 0 Å². The molecule has 2 heterocycles. The summed E-state index contributed by atoms with van der Waals surface area (Å²) < 4.78 is 86.0. The molecule has 7 aromatic carbocycles. The number of ether oxygens (including phenoxy) is 12. The quantitative estimate of drug-likeness (QED) is 0.0397. The fourth-order valence-corrected chi connectivity index (χ4v) is 13.5. The molecular formula is C80H96O13. The van der Waals surface area contributed by atoms with Gasteiger partial charge in [0.25, 0.3) is 0 Å². The van der Waals surface area contributed by atoms with E-state index in [1.165, 1.54) is 0 Å². The number of hydrogen-bond donors (Lipinski definition) is 0. The minimum Gasteiger partial charge on any atom is -0.459 e. The molecule has 13 heteroatoms. The Balaban J connectivity index is 0.969. The van der Waals surface area contributed by atoms with Gasteiger partial charge in [-0.15, -0.1) is 0 Å². The molecule has 2 saturated carbocycles. The van der Waals surface area contributed by atoms with Crippen molar-refractivity contribution in [3.05, 3.63) is 251 Å². The lowest BCUT2D eigenvalue weighted by Crippen LogP contribution is -2.64. The summed E-state index contributed by atoms with van der Waals surface area (Å²) in [5.74, 6) is 0.0279. The zero-order valence-electron chi connectivity index (χ0n) is 54.7. The Kier molecular flexibility index (Phi) is 25.5. The number of esters is 1. The van der Waals surface area contributed by atoms with Gasteiger partial charge in [-0.1, -0.05) is 265 Å². The van der Waals surface area contributed by atoms with Crippen LogP contribution in [0, 0.1) is 17.3 Å². The second kappa shape index (κ2) is 34.8. The SMILES string of the molecule is C[C@H]1O[C@@H](O[C@@H]2CC[C@@H](C(C)(C)C)C[C@H]2O[C@H]2O[C@H](COCc3ccccc3)[C@H](OCc3ccccc3)[C@H](O[C@@H](CC3CCCCC3)C(=O)OCc3ccccc3)[C@H]2OCc2ccccc2)[C@H](OCc2ccccc2)[C@@H](OCc2ccccc2)[C@H]1OCc1ccccc1. The minimum atomic E-state index is -1.10. The first-order valence-electron chi connectivity index (χ1n) is 33.9. The van der Waals surface area contributed by atoms with Crippen molar-refractivity contribution >= 4 is 5.97 Å². The standard InChI is InChI=1S/C80H96O13/c1-57-71(83-50-60-33-17-7-18-34-60)73(85-52-62-37-21-9-22-38-62)75(86-53-63-39-23-10-24-40-63)78(89-57)91-67-46-45-66(80(2,3)4)48-68(67)92-79-76(87-54-64-41-25-11-26-42-64)74(90-69(47-58-29-13-5-14-30-58)77(81)88-55-65-43-27-12-28-44-65)72(84-51-61-35-19-8-20-36-61)70(93-79)56-82-49-59-31-15-6-16-32-59/h6-12,15-28,31-44,57-58,66-76,78-79H,5,13-14,29-30,45-56H2,1-4H3/t57-,66-,67-,68-,69+,70-,71+,72+,73+,74+,75-,76-,78+,79+/m1/s1. The van der Waals surface area contributed by atoms with Crippen LogP contribution < -0.4 is 0 Å². The van der Waals surface area contributed by atoms with Crippen molar-refractivity contribution in [1.82, 2.24) is 0 Å². The van der Waals surface area contributed by atoms with Gasteiger partial charge in [-0.2, -0.15) is 0 Å². The molecule has 7 aromatic rings. The lowest BCUT2D eigenvalue weighted by Gasteiger charge is -2.50. The van der Waals surface area contributed by atoms with E-state index in [4.69, 9.17) is 56.8 Å². The van der Waals surface area contributed by atoms with Gasteiger partial charge in [0, 0.05) is 0 Å². The molecule has 2 aliphatic heterocycles. The molecule has 0 amide bonds. The normalized spacial score (nSPS) is 26.5. The first-order valence-corrected chi connectivity index (χ1v) is 33.9. The molecule has 14 atom stereocenters. The summed E-state index contributed by atoms with van der Waals surface area (Å²) in [6.45, 7) is 10.8. The largest absolute Gasteiger partial charge is 0.459 e. The molecule has 2 aliphatic carbocycles. The summed E-state index contributed by atoms with van der Waals surface area (Å²) in [4.78, 5) is 15.1. The highest BCUT2D eigenvalue weighted by atomic mass is 16.8. The summed E-state index contributed by atoms with van der Waals surface area (Å²) in [7, 11) is 0. The Morgan fingerprint density at radius 1 is 0.430 bits per heavy atom. The third-order valence-electron chi connectivity index (χ3n) is 18.8. The maximum Gasteiger partial charge on any atom is 0.335 e. The van der Waals surface area contributed by atoms with E-state index in [0.717, 1.165) is 77.5 Å². The van der Waals surface area contributed by atoms with Crippen LogP contribution in [0.3, 0.4) is 0 Å². The van der Waals surface area contributed by atoms with Crippen LogP contribution in [0.25, 0.3) is 0 Å². The molecule has 11 rings (SSSR count). The van der Waals surface area contributed by atoms with Crippen LogP contribution in [0.5, 0.6) is 0 Å². The molecule has 93 heavy (non-hydrogen) atoms. The lowest BCUT2D eigenvalue weighted by molar-refractivity contribution is -0.362. The predicted molar refractivity (Wildman–Crippen MR) is 357 cm³/mol. The summed E-state index contributed by atoms with van der Waals surface area (Å²) in [5, 5.41) is 0. The highest BCUT2D eigenvalue weighted by molar-refractivity contribution is 5.74. The van der Waals surface area contributed by atoms with Crippen molar-refractivity contribution < 1.29 is 61.6 Å². The van der Waals surface area contributed by atoms with Crippen LogP contribution in [0.2, 0.25) is 0 Å². The average molecular weight is 1270 g/mol. The molecule has 13 nitrogen and oxygen atoms in total. The molecule has 0 radical (unpaired) electrons. The molecule has 4 fully saturated rings. The molecule has 0 bridgehead atoms. The Morgan fingerprint density at radius 2 is 0.828 bits per heavy atom. The second-order valence-electron chi connectivity index (χ2n) is 26.7. The van der Waals surface area contributed by atoms with E-state index in [2.05, 4.69) is 57.2 Å². The van der Waals surface area contributed by atoms with Crippen LogP contribution >= 0.6 is 0 Å². The molecule has 0 N–H and O–H groups in total.